The number of aliphatic carboxylic acids is 1. The molecule has 0 spiro atoms. The van der Waals surface area contributed by atoms with E-state index >= 15 is 0 Å². The van der Waals surface area contributed by atoms with Gasteiger partial charge < -0.3 is 19.7 Å². The largest absolute Gasteiger partial charge is 0.481 e. The van der Waals surface area contributed by atoms with Gasteiger partial charge in [-0.3, -0.25) is 9.59 Å². The lowest BCUT2D eigenvalue weighted by Crippen LogP contribution is -2.48. The van der Waals surface area contributed by atoms with Crippen molar-refractivity contribution in [2.24, 2.45) is 5.92 Å². The summed E-state index contributed by atoms with van der Waals surface area (Å²) in [6.45, 7) is 2.66. The van der Waals surface area contributed by atoms with Crippen molar-refractivity contribution in [2.45, 2.75) is 32.2 Å². The summed E-state index contributed by atoms with van der Waals surface area (Å²) >= 11 is 0. The van der Waals surface area contributed by atoms with Gasteiger partial charge in [0.15, 0.2) is 11.6 Å². The maximum absolute atomic E-state index is 12.9. The number of fused-ring (bicyclic) bond motifs is 1. The minimum absolute atomic E-state index is 0.191. The number of carboxylic acids is 1. The smallest absolute Gasteiger partial charge is 0.308 e. The second kappa shape index (κ2) is 9.54. The minimum atomic E-state index is -0.794. The average molecular weight is 472 g/mol. The predicted molar refractivity (Wildman–Crippen MR) is 130 cm³/mol. The van der Waals surface area contributed by atoms with Crippen LogP contribution in [-0.2, 0) is 4.79 Å². The maximum atomic E-state index is 12.9. The molecule has 0 radical (unpaired) electrons. The number of para-hydroxylation sites is 2. The van der Waals surface area contributed by atoms with Gasteiger partial charge in [-0.05, 0) is 55.7 Å². The lowest BCUT2D eigenvalue weighted by molar-refractivity contribution is -0.143. The van der Waals surface area contributed by atoms with E-state index in [4.69, 9.17) is 4.74 Å². The number of carbonyl (C=O) groups is 2. The van der Waals surface area contributed by atoms with E-state index in [1.54, 1.807) is 30.5 Å². The first kappa shape index (κ1) is 22.5. The SMILES string of the molecule is CC[C@@H]1C(C(=O)O)CCCN1c1nccnc1Oc1ccc(C(=O)c2nc3ccccc3[nH]2)cc1. The molecule has 0 aliphatic carbocycles. The highest BCUT2D eigenvalue weighted by Crippen LogP contribution is 2.35. The Morgan fingerprint density at radius 2 is 1.89 bits per heavy atom. The monoisotopic (exact) mass is 471 g/mol. The molecule has 2 N–H and O–H groups in total. The van der Waals surface area contributed by atoms with Crippen LogP contribution in [0.3, 0.4) is 0 Å². The van der Waals surface area contributed by atoms with E-state index in [9.17, 15) is 14.7 Å². The molecule has 35 heavy (non-hydrogen) atoms. The Morgan fingerprint density at radius 3 is 2.63 bits per heavy atom. The second-order valence-corrected chi connectivity index (χ2v) is 8.50. The third-order valence-electron chi connectivity index (χ3n) is 6.37. The topological polar surface area (TPSA) is 121 Å². The van der Waals surface area contributed by atoms with Crippen LogP contribution in [0.1, 0.15) is 42.4 Å². The molecule has 1 unspecified atom stereocenters. The molecule has 5 rings (SSSR count). The van der Waals surface area contributed by atoms with E-state index in [0.29, 0.717) is 42.4 Å². The molecule has 178 valence electrons. The molecule has 2 aromatic carbocycles. The molecule has 0 amide bonds. The number of aromatic nitrogens is 4. The molecule has 2 atom stereocenters. The number of anilines is 1. The number of aromatic amines is 1. The number of hydrogen-bond donors (Lipinski definition) is 2. The number of nitrogens with one attached hydrogen (secondary N) is 1. The number of imidazole rings is 1. The number of carboxylic acid groups (broad SMARTS) is 1. The molecule has 0 bridgehead atoms. The highest BCUT2D eigenvalue weighted by atomic mass is 16.5. The fraction of sp³-hybridized carbons (Fsp3) is 0.269. The highest BCUT2D eigenvalue weighted by Gasteiger charge is 2.37. The van der Waals surface area contributed by atoms with Crippen LogP contribution in [0.2, 0.25) is 0 Å². The van der Waals surface area contributed by atoms with Gasteiger partial charge in [0.25, 0.3) is 5.88 Å². The van der Waals surface area contributed by atoms with E-state index in [-0.39, 0.29) is 17.6 Å². The summed E-state index contributed by atoms with van der Waals surface area (Å²) < 4.78 is 6.04. The zero-order valence-corrected chi connectivity index (χ0v) is 19.2. The Labute approximate surface area is 201 Å². The first-order chi connectivity index (χ1) is 17.0. The number of piperidine rings is 1. The molecular weight excluding hydrogens is 446 g/mol. The van der Waals surface area contributed by atoms with Crippen molar-refractivity contribution in [1.29, 1.82) is 0 Å². The Morgan fingerprint density at radius 1 is 1.11 bits per heavy atom. The first-order valence-electron chi connectivity index (χ1n) is 11.6. The number of rotatable bonds is 7. The van der Waals surface area contributed by atoms with Crippen LogP contribution in [0.5, 0.6) is 11.6 Å². The van der Waals surface area contributed by atoms with Crippen LogP contribution in [0.4, 0.5) is 5.82 Å². The van der Waals surface area contributed by atoms with Crippen LogP contribution in [0.25, 0.3) is 11.0 Å². The lowest BCUT2D eigenvalue weighted by atomic mass is 9.87. The maximum Gasteiger partial charge on any atom is 0.308 e. The number of hydrogen-bond acceptors (Lipinski definition) is 7. The molecule has 4 aromatic rings. The summed E-state index contributed by atoms with van der Waals surface area (Å²) in [6, 6.07) is 14.0. The Bertz CT molecular complexity index is 1330. The molecule has 9 nitrogen and oxygen atoms in total. The number of ketones is 1. The summed E-state index contributed by atoms with van der Waals surface area (Å²) in [4.78, 5) is 42.9. The third-order valence-corrected chi connectivity index (χ3v) is 6.37. The molecule has 2 aromatic heterocycles. The van der Waals surface area contributed by atoms with Crippen molar-refractivity contribution >= 4 is 28.6 Å². The normalized spacial score (nSPS) is 17.9. The quantitative estimate of drug-likeness (QED) is 0.379. The number of nitrogens with zero attached hydrogens (tertiary/aromatic N) is 4. The van der Waals surface area contributed by atoms with E-state index in [0.717, 1.165) is 17.5 Å². The standard InChI is InChI=1S/C26H25N5O4/c1-2-21-18(26(33)34)6-5-15-31(21)24-25(28-14-13-27-24)35-17-11-9-16(10-12-17)22(32)23-29-19-7-3-4-8-20(19)30-23/h3-4,7-14,18,21H,2,5-6,15H2,1H3,(H,29,30)(H,33,34)/t18?,21-/m1/s1. The predicted octanol–water partition coefficient (Wildman–Crippen LogP) is 4.46. The van der Waals surface area contributed by atoms with Gasteiger partial charge in [0.05, 0.1) is 17.0 Å². The summed E-state index contributed by atoms with van der Waals surface area (Å²) in [6.07, 6.45) is 5.18. The molecule has 3 heterocycles. The molecule has 0 saturated carbocycles. The molecule has 1 aliphatic rings. The molecule has 1 aliphatic heterocycles. The van der Waals surface area contributed by atoms with Crippen molar-refractivity contribution in [3.8, 4) is 11.6 Å². The van der Waals surface area contributed by atoms with Crippen molar-refractivity contribution in [3.63, 3.8) is 0 Å². The molecule has 1 saturated heterocycles. The van der Waals surface area contributed by atoms with Gasteiger partial charge in [0, 0.05) is 30.5 Å². The minimum Gasteiger partial charge on any atom is -0.481 e. The van der Waals surface area contributed by atoms with Crippen LogP contribution in [0, 0.1) is 5.92 Å². The average Bonchev–Trinajstić information content (AvgIpc) is 3.33. The van der Waals surface area contributed by atoms with Gasteiger partial charge in [-0.15, -0.1) is 0 Å². The molecule has 9 heteroatoms. The van der Waals surface area contributed by atoms with Gasteiger partial charge in [-0.1, -0.05) is 19.1 Å². The fourth-order valence-electron chi connectivity index (χ4n) is 4.68. The van der Waals surface area contributed by atoms with E-state index in [1.807, 2.05) is 36.1 Å². The van der Waals surface area contributed by atoms with E-state index in [2.05, 4.69) is 19.9 Å². The summed E-state index contributed by atoms with van der Waals surface area (Å²) in [5.41, 5.74) is 2.01. The highest BCUT2D eigenvalue weighted by molar-refractivity contribution is 6.08. The van der Waals surface area contributed by atoms with Gasteiger partial charge in [-0.25, -0.2) is 15.0 Å². The van der Waals surface area contributed by atoms with Crippen LogP contribution in [0.15, 0.2) is 60.9 Å². The molecule has 1 fully saturated rings. The first-order valence-corrected chi connectivity index (χ1v) is 11.6. The zero-order chi connectivity index (χ0) is 24.4. The zero-order valence-electron chi connectivity index (χ0n) is 19.2. The van der Waals surface area contributed by atoms with Gasteiger partial charge in [0.1, 0.15) is 5.75 Å². The number of carbonyl (C=O) groups excluding carboxylic acids is 1. The van der Waals surface area contributed by atoms with Gasteiger partial charge >= 0.3 is 5.97 Å². The summed E-state index contributed by atoms with van der Waals surface area (Å²) in [5.74, 6) is 0.116. The van der Waals surface area contributed by atoms with Crippen LogP contribution >= 0.6 is 0 Å². The third kappa shape index (κ3) is 4.44. The van der Waals surface area contributed by atoms with E-state index < -0.39 is 11.9 Å². The van der Waals surface area contributed by atoms with Gasteiger partial charge in [-0.2, -0.15) is 0 Å². The van der Waals surface area contributed by atoms with E-state index in [1.165, 1.54) is 6.20 Å². The van der Waals surface area contributed by atoms with Crippen molar-refractivity contribution in [1.82, 2.24) is 19.9 Å². The number of ether oxygens (including phenoxy) is 1. The number of benzene rings is 2. The Hall–Kier alpha value is -4.27. The van der Waals surface area contributed by atoms with Crippen molar-refractivity contribution in [2.75, 3.05) is 11.4 Å². The van der Waals surface area contributed by atoms with Gasteiger partial charge in [0.2, 0.25) is 5.78 Å². The fourth-order valence-corrected chi connectivity index (χ4v) is 4.68. The number of H-pyrrole nitrogens is 1. The lowest BCUT2D eigenvalue weighted by Gasteiger charge is -2.40. The van der Waals surface area contributed by atoms with Crippen LogP contribution < -0.4 is 9.64 Å². The second-order valence-electron chi connectivity index (χ2n) is 8.50. The summed E-state index contributed by atoms with van der Waals surface area (Å²) in [7, 11) is 0. The Kier molecular flexibility index (Phi) is 6.13. The van der Waals surface area contributed by atoms with Crippen LogP contribution in [-0.4, -0.2) is 49.4 Å². The molecular formula is C26H25N5O4. The summed E-state index contributed by atoms with van der Waals surface area (Å²) in [5, 5.41) is 9.68. The van der Waals surface area contributed by atoms with Crippen molar-refractivity contribution in [3.05, 3.63) is 72.3 Å². The van der Waals surface area contributed by atoms with Crippen molar-refractivity contribution < 1.29 is 19.4 Å². The Balaban J connectivity index is 1.37.